The SMILES string of the molecule is COC(=O)C[C@H](NC(=O)c1n[nH]c(C2CC2)n1)C(=O)O. The molecule has 1 aliphatic rings. The molecule has 0 radical (unpaired) electrons. The number of carbonyl (C=O) groups is 3. The maximum absolute atomic E-state index is 11.8. The van der Waals surface area contributed by atoms with Crippen molar-refractivity contribution >= 4 is 17.8 Å². The van der Waals surface area contributed by atoms with Gasteiger partial charge < -0.3 is 15.2 Å². The van der Waals surface area contributed by atoms with Gasteiger partial charge in [0.2, 0.25) is 5.82 Å². The lowest BCUT2D eigenvalue weighted by Crippen LogP contribution is -2.42. The molecule has 1 saturated carbocycles. The molecule has 0 aliphatic heterocycles. The maximum Gasteiger partial charge on any atom is 0.326 e. The van der Waals surface area contributed by atoms with Crippen LogP contribution < -0.4 is 5.32 Å². The number of aliphatic carboxylic acids is 1. The summed E-state index contributed by atoms with van der Waals surface area (Å²) >= 11 is 0. The van der Waals surface area contributed by atoms with Crippen molar-refractivity contribution in [1.29, 1.82) is 0 Å². The topological polar surface area (TPSA) is 134 Å². The fourth-order valence-corrected chi connectivity index (χ4v) is 1.59. The molecule has 0 bridgehead atoms. The number of methoxy groups -OCH3 is 1. The largest absolute Gasteiger partial charge is 0.480 e. The van der Waals surface area contributed by atoms with E-state index in [1.165, 1.54) is 0 Å². The van der Waals surface area contributed by atoms with E-state index in [1.54, 1.807) is 0 Å². The predicted octanol–water partition coefficient (Wildman–Crippen LogP) is -0.572. The van der Waals surface area contributed by atoms with E-state index < -0.39 is 30.3 Å². The van der Waals surface area contributed by atoms with Gasteiger partial charge >= 0.3 is 11.9 Å². The first-order valence-electron chi connectivity index (χ1n) is 6.04. The number of amides is 1. The first-order chi connectivity index (χ1) is 9.51. The molecule has 1 aliphatic carbocycles. The zero-order valence-corrected chi connectivity index (χ0v) is 10.8. The van der Waals surface area contributed by atoms with Crippen LogP contribution in [0, 0.1) is 0 Å². The van der Waals surface area contributed by atoms with Gasteiger partial charge in [-0.05, 0) is 12.8 Å². The van der Waals surface area contributed by atoms with Gasteiger partial charge in [-0.15, -0.1) is 5.10 Å². The van der Waals surface area contributed by atoms with Gasteiger partial charge in [-0.3, -0.25) is 14.7 Å². The molecule has 0 unspecified atom stereocenters. The molecule has 1 aromatic heterocycles. The Hall–Kier alpha value is -2.45. The molecule has 0 spiro atoms. The molecule has 9 heteroatoms. The van der Waals surface area contributed by atoms with E-state index in [9.17, 15) is 14.4 Å². The number of rotatable bonds is 6. The normalized spacial score (nSPS) is 15.4. The Morgan fingerprint density at radius 2 is 2.20 bits per heavy atom. The second-order valence-corrected chi connectivity index (χ2v) is 4.46. The first kappa shape index (κ1) is 14.0. The number of ether oxygens (including phenoxy) is 1. The molecule has 1 fully saturated rings. The summed E-state index contributed by atoms with van der Waals surface area (Å²) < 4.78 is 4.37. The van der Waals surface area contributed by atoms with Gasteiger partial charge in [0.05, 0.1) is 13.5 Å². The van der Waals surface area contributed by atoms with Crippen molar-refractivity contribution in [2.75, 3.05) is 7.11 Å². The smallest absolute Gasteiger partial charge is 0.326 e. The van der Waals surface area contributed by atoms with Gasteiger partial charge in [-0.1, -0.05) is 0 Å². The number of carboxylic acid groups (broad SMARTS) is 1. The van der Waals surface area contributed by atoms with Crippen molar-refractivity contribution in [3.63, 3.8) is 0 Å². The third-order valence-corrected chi connectivity index (χ3v) is 2.87. The number of carbonyl (C=O) groups excluding carboxylic acids is 2. The Kier molecular flexibility index (Phi) is 3.97. The molecule has 1 heterocycles. The summed E-state index contributed by atoms with van der Waals surface area (Å²) in [7, 11) is 1.14. The fourth-order valence-electron chi connectivity index (χ4n) is 1.59. The van der Waals surface area contributed by atoms with Crippen LogP contribution in [0.15, 0.2) is 0 Å². The molecule has 0 aromatic carbocycles. The average Bonchev–Trinajstić information content (AvgIpc) is 3.15. The zero-order chi connectivity index (χ0) is 14.7. The van der Waals surface area contributed by atoms with E-state index in [1.807, 2.05) is 0 Å². The van der Waals surface area contributed by atoms with Crippen LogP contribution in [0.4, 0.5) is 0 Å². The van der Waals surface area contributed by atoms with E-state index in [0.717, 1.165) is 20.0 Å². The highest BCUT2D eigenvalue weighted by Crippen LogP contribution is 2.37. The summed E-state index contributed by atoms with van der Waals surface area (Å²) in [6.07, 6.45) is 1.53. The van der Waals surface area contributed by atoms with Crippen molar-refractivity contribution in [3.8, 4) is 0 Å². The van der Waals surface area contributed by atoms with Gasteiger partial charge in [0.1, 0.15) is 11.9 Å². The zero-order valence-electron chi connectivity index (χ0n) is 10.8. The van der Waals surface area contributed by atoms with Crippen LogP contribution in [-0.2, 0) is 14.3 Å². The second kappa shape index (κ2) is 5.68. The minimum absolute atomic E-state index is 0.136. The van der Waals surface area contributed by atoms with Crippen LogP contribution in [0.1, 0.15) is 41.6 Å². The molecule has 3 N–H and O–H groups in total. The summed E-state index contributed by atoms with van der Waals surface area (Å²) in [5.74, 6) is -2.02. The average molecular weight is 282 g/mol. The molecule has 9 nitrogen and oxygen atoms in total. The number of carboxylic acids is 1. The van der Waals surface area contributed by atoms with Gasteiger partial charge in [0, 0.05) is 5.92 Å². The minimum Gasteiger partial charge on any atom is -0.480 e. The van der Waals surface area contributed by atoms with Crippen molar-refractivity contribution in [2.45, 2.75) is 31.2 Å². The number of esters is 1. The summed E-state index contributed by atoms with van der Waals surface area (Å²) in [4.78, 5) is 37.9. The van der Waals surface area contributed by atoms with Crippen LogP contribution >= 0.6 is 0 Å². The van der Waals surface area contributed by atoms with E-state index in [-0.39, 0.29) is 5.82 Å². The van der Waals surface area contributed by atoms with Crippen LogP contribution in [0.25, 0.3) is 0 Å². The predicted molar refractivity (Wildman–Crippen MR) is 63.9 cm³/mol. The third-order valence-electron chi connectivity index (χ3n) is 2.87. The molecule has 0 saturated heterocycles. The fraction of sp³-hybridized carbons (Fsp3) is 0.545. The first-order valence-corrected chi connectivity index (χ1v) is 6.04. The van der Waals surface area contributed by atoms with Crippen molar-refractivity contribution in [3.05, 3.63) is 11.6 Å². The highest BCUT2D eigenvalue weighted by Gasteiger charge is 2.30. The summed E-state index contributed by atoms with van der Waals surface area (Å²) in [6.45, 7) is 0. The Morgan fingerprint density at radius 3 is 2.75 bits per heavy atom. The quantitative estimate of drug-likeness (QED) is 0.594. The summed E-state index contributed by atoms with van der Waals surface area (Å²) in [5, 5.41) is 17.5. The molecule has 1 atom stereocenters. The van der Waals surface area contributed by atoms with Crippen LogP contribution in [0.3, 0.4) is 0 Å². The number of nitrogens with zero attached hydrogens (tertiary/aromatic N) is 2. The van der Waals surface area contributed by atoms with Crippen LogP contribution in [-0.4, -0.2) is 51.3 Å². The Morgan fingerprint density at radius 1 is 1.50 bits per heavy atom. The Bertz CT molecular complexity index is 537. The number of aromatic amines is 1. The Balaban J connectivity index is 1.99. The number of H-pyrrole nitrogens is 1. The van der Waals surface area contributed by atoms with Gasteiger partial charge in [-0.2, -0.15) is 0 Å². The van der Waals surface area contributed by atoms with E-state index in [4.69, 9.17) is 5.11 Å². The van der Waals surface area contributed by atoms with Gasteiger partial charge in [0.25, 0.3) is 5.91 Å². The number of aromatic nitrogens is 3. The van der Waals surface area contributed by atoms with E-state index in [2.05, 4.69) is 25.2 Å². The van der Waals surface area contributed by atoms with Gasteiger partial charge in [0.15, 0.2) is 0 Å². The summed E-state index contributed by atoms with van der Waals surface area (Å²) in [5.41, 5.74) is 0. The molecule has 2 rings (SSSR count). The van der Waals surface area contributed by atoms with E-state index >= 15 is 0 Å². The molecular weight excluding hydrogens is 268 g/mol. The monoisotopic (exact) mass is 282 g/mol. The molecule has 20 heavy (non-hydrogen) atoms. The number of hydrogen-bond donors (Lipinski definition) is 3. The lowest BCUT2D eigenvalue weighted by molar-refractivity contribution is -0.147. The number of nitrogens with one attached hydrogen (secondary N) is 2. The minimum atomic E-state index is -1.38. The standard InChI is InChI=1S/C11H14N4O5/c1-20-7(16)4-6(11(18)19)12-10(17)9-13-8(14-15-9)5-2-3-5/h5-6H,2-4H2,1H3,(H,12,17)(H,18,19)(H,13,14,15)/t6-/m0/s1. The van der Waals surface area contributed by atoms with Crippen molar-refractivity contribution in [2.24, 2.45) is 0 Å². The van der Waals surface area contributed by atoms with E-state index in [0.29, 0.717) is 11.7 Å². The Labute approximate surface area is 113 Å². The molecule has 108 valence electrons. The highest BCUT2D eigenvalue weighted by atomic mass is 16.5. The molecular formula is C11H14N4O5. The van der Waals surface area contributed by atoms with Crippen LogP contribution in [0.5, 0.6) is 0 Å². The second-order valence-electron chi connectivity index (χ2n) is 4.46. The van der Waals surface area contributed by atoms with Crippen LogP contribution in [0.2, 0.25) is 0 Å². The lowest BCUT2D eigenvalue weighted by atomic mass is 10.2. The van der Waals surface area contributed by atoms with Crippen molar-refractivity contribution in [1.82, 2.24) is 20.5 Å². The highest BCUT2D eigenvalue weighted by molar-refractivity contribution is 5.94. The third kappa shape index (κ3) is 3.31. The van der Waals surface area contributed by atoms with Crippen molar-refractivity contribution < 1.29 is 24.2 Å². The number of hydrogen-bond acceptors (Lipinski definition) is 6. The van der Waals surface area contributed by atoms with Gasteiger partial charge in [-0.25, -0.2) is 9.78 Å². The maximum atomic E-state index is 11.8. The molecule has 1 aromatic rings. The molecule has 1 amide bonds. The lowest BCUT2D eigenvalue weighted by Gasteiger charge is -2.11. The summed E-state index contributed by atoms with van der Waals surface area (Å²) in [6, 6.07) is -1.38.